The highest BCUT2D eigenvalue weighted by molar-refractivity contribution is 7.12. The van der Waals surface area contributed by atoms with Crippen LogP contribution in [0.2, 0.25) is 0 Å². The zero-order valence-electron chi connectivity index (χ0n) is 10.3. The van der Waals surface area contributed by atoms with Gasteiger partial charge in [0.1, 0.15) is 11.6 Å². The van der Waals surface area contributed by atoms with Gasteiger partial charge in [0.25, 0.3) is 5.56 Å². The average Bonchev–Trinajstić information content (AvgIpc) is 2.91. The van der Waals surface area contributed by atoms with Crippen LogP contribution >= 0.6 is 11.3 Å². The summed E-state index contributed by atoms with van der Waals surface area (Å²) in [6, 6.07) is 5.13. The van der Waals surface area contributed by atoms with Crippen molar-refractivity contribution in [2.75, 3.05) is 0 Å². The fourth-order valence-corrected chi connectivity index (χ4v) is 2.49. The zero-order chi connectivity index (χ0) is 14.2. The second kappa shape index (κ2) is 4.71. The van der Waals surface area contributed by atoms with Crippen molar-refractivity contribution in [2.24, 2.45) is 7.05 Å². The molecule has 2 aromatic rings. The Hall–Kier alpha value is -2.39. The second-order valence-electron chi connectivity index (χ2n) is 3.98. The topological polar surface area (TPSA) is 83.1 Å². The number of aromatic nitrogens is 1. The zero-order valence-corrected chi connectivity index (χ0v) is 11.1. The average molecular weight is 274 g/mol. The number of thiophene rings is 1. The summed E-state index contributed by atoms with van der Waals surface area (Å²) in [5.41, 5.74) is -0.525. The van der Waals surface area contributed by atoms with E-state index in [9.17, 15) is 14.7 Å². The van der Waals surface area contributed by atoms with E-state index in [0.29, 0.717) is 4.88 Å². The van der Waals surface area contributed by atoms with E-state index in [4.69, 9.17) is 5.26 Å². The highest BCUT2D eigenvalue weighted by Gasteiger charge is 2.23. The van der Waals surface area contributed by atoms with E-state index in [1.165, 1.54) is 25.3 Å². The molecule has 5 nitrogen and oxygen atoms in total. The lowest BCUT2D eigenvalue weighted by Crippen LogP contribution is -2.24. The number of hydrogen-bond donors (Lipinski definition) is 1. The molecule has 0 radical (unpaired) electrons. The predicted octanol–water partition coefficient (Wildman–Crippen LogP) is 1.56. The summed E-state index contributed by atoms with van der Waals surface area (Å²) in [6.45, 7) is 1.49. The van der Waals surface area contributed by atoms with Crippen LogP contribution in [-0.4, -0.2) is 15.5 Å². The van der Waals surface area contributed by atoms with E-state index < -0.39 is 17.2 Å². The van der Waals surface area contributed by atoms with Crippen molar-refractivity contribution >= 4 is 17.1 Å². The summed E-state index contributed by atoms with van der Waals surface area (Å²) >= 11 is 1.24. The minimum atomic E-state index is -0.611. The molecule has 1 N–H and O–H groups in total. The minimum absolute atomic E-state index is 0.00102. The van der Waals surface area contributed by atoms with Crippen molar-refractivity contribution in [3.63, 3.8) is 0 Å². The molecule has 6 heteroatoms. The van der Waals surface area contributed by atoms with E-state index in [1.807, 2.05) is 0 Å². The van der Waals surface area contributed by atoms with Gasteiger partial charge in [0.15, 0.2) is 0 Å². The van der Waals surface area contributed by atoms with Crippen LogP contribution in [0, 0.1) is 18.3 Å². The number of hydrogen-bond acceptors (Lipinski definition) is 5. The summed E-state index contributed by atoms with van der Waals surface area (Å²) in [5.74, 6) is -0.808. The van der Waals surface area contributed by atoms with Crippen LogP contribution in [-0.2, 0) is 7.05 Å². The SMILES string of the molecule is Cc1c(C(=O)c2cccs2)c(O)n(C)c(=O)c1C#N. The summed E-state index contributed by atoms with van der Waals surface area (Å²) in [4.78, 5) is 24.5. The van der Waals surface area contributed by atoms with Crippen molar-refractivity contribution in [3.8, 4) is 11.9 Å². The lowest BCUT2D eigenvalue weighted by atomic mass is 10.0. The third-order valence-electron chi connectivity index (χ3n) is 2.89. The third kappa shape index (κ3) is 1.94. The second-order valence-corrected chi connectivity index (χ2v) is 4.93. The third-order valence-corrected chi connectivity index (χ3v) is 3.76. The molecule has 2 heterocycles. The Labute approximate surface area is 113 Å². The molecule has 0 aliphatic rings. The molecular formula is C13H10N2O3S. The fourth-order valence-electron chi connectivity index (χ4n) is 1.82. The van der Waals surface area contributed by atoms with Gasteiger partial charge in [-0.1, -0.05) is 6.07 Å². The summed E-state index contributed by atoms with van der Waals surface area (Å²) in [5, 5.41) is 20.7. The Morgan fingerprint density at radius 2 is 2.21 bits per heavy atom. The number of pyridine rings is 1. The molecule has 0 unspecified atom stereocenters. The summed E-state index contributed by atoms with van der Waals surface area (Å²) in [6.07, 6.45) is 0. The molecule has 2 aromatic heterocycles. The molecule has 96 valence electrons. The number of ketones is 1. The van der Waals surface area contributed by atoms with E-state index in [-0.39, 0.29) is 16.7 Å². The van der Waals surface area contributed by atoms with Crippen LogP contribution in [0.3, 0.4) is 0 Å². The van der Waals surface area contributed by atoms with Crippen molar-refractivity contribution in [1.82, 2.24) is 4.57 Å². The van der Waals surface area contributed by atoms with Gasteiger partial charge in [-0.3, -0.25) is 14.2 Å². The van der Waals surface area contributed by atoms with Gasteiger partial charge in [-0.25, -0.2) is 0 Å². The van der Waals surface area contributed by atoms with Crippen LogP contribution in [0.25, 0.3) is 0 Å². The Kier molecular flexibility index (Phi) is 3.23. The van der Waals surface area contributed by atoms with Gasteiger partial charge in [-0.2, -0.15) is 5.26 Å². The van der Waals surface area contributed by atoms with Crippen LogP contribution in [0.1, 0.15) is 26.4 Å². The lowest BCUT2D eigenvalue weighted by molar-refractivity contribution is 0.103. The van der Waals surface area contributed by atoms with Crippen LogP contribution in [0.5, 0.6) is 5.88 Å². The van der Waals surface area contributed by atoms with Crippen molar-refractivity contribution in [3.05, 3.63) is 49.4 Å². The van der Waals surface area contributed by atoms with E-state index >= 15 is 0 Å². The van der Waals surface area contributed by atoms with Gasteiger partial charge in [0.2, 0.25) is 11.7 Å². The molecule has 0 spiro atoms. The quantitative estimate of drug-likeness (QED) is 0.842. The number of nitriles is 1. The van der Waals surface area contributed by atoms with Gasteiger partial charge in [-0.05, 0) is 23.9 Å². The van der Waals surface area contributed by atoms with Crippen LogP contribution in [0.4, 0.5) is 0 Å². The first-order chi connectivity index (χ1) is 8.99. The van der Waals surface area contributed by atoms with Crippen molar-refractivity contribution in [1.29, 1.82) is 5.26 Å². The molecule has 0 aliphatic carbocycles. The maximum Gasteiger partial charge on any atom is 0.271 e. The number of nitrogens with zero attached hydrogens (tertiary/aromatic N) is 2. The highest BCUT2D eigenvalue weighted by Crippen LogP contribution is 2.25. The molecule has 0 saturated heterocycles. The highest BCUT2D eigenvalue weighted by atomic mass is 32.1. The van der Waals surface area contributed by atoms with Crippen LogP contribution < -0.4 is 5.56 Å². The molecule has 0 aromatic carbocycles. The Morgan fingerprint density at radius 3 is 2.74 bits per heavy atom. The van der Waals surface area contributed by atoms with Gasteiger partial charge >= 0.3 is 0 Å². The molecule has 19 heavy (non-hydrogen) atoms. The first-order valence-electron chi connectivity index (χ1n) is 5.40. The van der Waals surface area contributed by atoms with E-state index in [2.05, 4.69) is 0 Å². The Balaban J connectivity index is 2.79. The minimum Gasteiger partial charge on any atom is -0.494 e. The normalized spacial score (nSPS) is 10.2. The monoisotopic (exact) mass is 274 g/mol. The van der Waals surface area contributed by atoms with Crippen molar-refractivity contribution in [2.45, 2.75) is 6.92 Å². The standard InChI is InChI=1S/C13H10N2O3S/c1-7-8(6-14)12(17)15(2)13(18)10(7)11(16)9-4-3-5-19-9/h3-5,18H,1-2H3. The number of carbonyl (C=O) groups is 1. The molecular weight excluding hydrogens is 264 g/mol. The Morgan fingerprint density at radius 1 is 1.53 bits per heavy atom. The van der Waals surface area contributed by atoms with Crippen LogP contribution in [0.15, 0.2) is 22.3 Å². The first-order valence-corrected chi connectivity index (χ1v) is 6.27. The van der Waals surface area contributed by atoms with Crippen molar-refractivity contribution < 1.29 is 9.90 Å². The number of aromatic hydroxyl groups is 1. The maximum absolute atomic E-state index is 12.3. The van der Waals surface area contributed by atoms with E-state index in [0.717, 1.165) is 4.57 Å². The molecule has 0 amide bonds. The largest absolute Gasteiger partial charge is 0.494 e. The molecule has 2 rings (SSSR count). The van der Waals surface area contributed by atoms with Gasteiger partial charge < -0.3 is 5.11 Å². The van der Waals surface area contributed by atoms with Gasteiger partial charge in [-0.15, -0.1) is 11.3 Å². The molecule has 0 saturated carbocycles. The molecule has 0 atom stereocenters. The molecule has 0 bridgehead atoms. The lowest BCUT2D eigenvalue weighted by Gasteiger charge is -2.11. The molecule has 0 fully saturated rings. The van der Waals surface area contributed by atoms with Gasteiger partial charge in [0.05, 0.1) is 10.4 Å². The maximum atomic E-state index is 12.3. The van der Waals surface area contributed by atoms with Gasteiger partial charge in [0, 0.05) is 7.05 Å². The van der Waals surface area contributed by atoms with E-state index in [1.54, 1.807) is 23.6 Å². The number of carbonyl (C=O) groups excluding carboxylic acids is 1. The summed E-state index contributed by atoms with van der Waals surface area (Å²) < 4.78 is 0.909. The predicted molar refractivity (Wildman–Crippen MR) is 70.6 cm³/mol. The first kappa shape index (κ1) is 13.1. The smallest absolute Gasteiger partial charge is 0.271 e. The fraction of sp³-hybridized carbons (Fsp3) is 0.154. The Bertz CT molecular complexity index is 752. The molecule has 0 aliphatic heterocycles. The summed E-state index contributed by atoms with van der Waals surface area (Å²) in [7, 11) is 1.32. The number of rotatable bonds is 2.